The van der Waals surface area contributed by atoms with Crippen LogP contribution in [0.2, 0.25) is 0 Å². The van der Waals surface area contributed by atoms with Crippen molar-refractivity contribution < 1.29 is 22.9 Å². The van der Waals surface area contributed by atoms with Gasteiger partial charge in [0.1, 0.15) is 23.0 Å². The van der Waals surface area contributed by atoms with E-state index in [0.29, 0.717) is 36.5 Å². The van der Waals surface area contributed by atoms with E-state index in [1.807, 2.05) is 18.2 Å². The number of hydrogen-bond acceptors (Lipinski definition) is 5. The van der Waals surface area contributed by atoms with Crippen molar-refractivity contribution in [2.75, 3.05) is 0 Å². The van der Waals surface area contributed by atoms with Crippen LogP contribution < -0.4 is 9.05 Å². The number of hydrogen-bond donors (Lipinski definition) is 0. The largest absolute Gasteiger partial charge is 0.646 e. The van der Waals surface area contributed by atoms with Gasteiger partial charge < -0.3 is 13.6 Å². The van der Waals surface area contributed by atoms with Gasteiger partial charge in [-0.15, -0.1) is 0 Å². The molecular formula is C20H19O5P. The minimum absolute atomic E-state index is 0.166. The van der Waals surface area contributed by atoms with E-state index in [-0.39, 0.29) is 17.6 Å². The summed E-state index contributed by atoms with van der Waals surface area (Å²) in [6.45, 7) is 0. The SMILES string of the molecule is O=C1CC2C=C(OP(=O)(Oc3ccccc3)Oc3ccccc3)CC2C1. The summed E-state index contributed by atoms with van der Waals surface area (Å²) in [4.78, 5) is 11.6. The van der Waals surface area contributed by atoms with E-state index < -0.39 is 7.82 Å². The molecule has 2 aromatic carbocycles. The summed E-state index contributed by atoms with van der Waals surface area (Å²) in [5.41, 5.74) is 0. The number of rotatable bonds is 6. The lowest BCUT2D eigenvalue weighted by Gasteiger charge is -2.20. The second kappa shape index (κ2) is 7.00. The number of carbonyl (C=O) groups excluding carboxylic acids is 1. The minimum Gasteiger partial charge on any atom is -0.391 e. The Labute approximate surface area is 152 Å². The molecule has 0 heterocycles. The maximum absolute atomic E-state index is 13.3. The fraction of sp³-hybridized carbons (Fsp3) is 0.250. The van der Waals surface area contributed by atoms with Crippen LogP contribution in [0.15, 0.2) is 72.5 Å². The summed E-state index contributed by atoms with van der Waals surface area (Å²) in [6, 6.07) is 17.6. The molecule has 0 N–H and O–H groups in total. The number of allylic oxidation sites excluding steroid dienone is 2. The lowest BCUT2D eigenvalue weighted by Crippen LogP contribution is -2.05. The van der Waals surface area contributed by atoms with E-state index in [1.165, 1.54) is 0 Å². The molecule has 1 saturated carbocycles. The van der Waals surface area contributed by atoms with Crippen molar-refractivity contribution in [1.82, 2.24) is 0 Å². The monoisotopic (exact) mass is 370 g/mol. The summed E-state index contributed by atoms with van der Waals surface area (Å²) in [6.07, 6.45) is 3.56. The van der Waals surface area contributed by atoms with Crippen molar-refractivity contribution >= 4 is 13.6 Å². The van der Waals surface area contributed by atoms with Gasteiger partial charge in [0, 0.05) is 19.3 Å². The molecule has 0 radical (unpaired) electrons. The molecule has 4 rings (SSSR count). The Morgan fingerprint density at radius 1 is 0.769 bits per heavy atom. The van der Waals surface area contributed by atoms with Crippen molar-refractivity contribution in [2.24, 2.45) is 11.8 Å². The van der Waals surface area contributed by atoms with Crippen LogP contribution in [0.4, 0.5) is 0 Å². The maximum atomic E-state index is 13.3. The van der Waals surface area contributed by atoms with Gasteiger partial charge in [-0.25, -0.2) is 0 Å². The number of carbonyl (C=O) groups is 1. The molecule has 2 unspecified atom stereocenters. The molecule has 0 amide bonds. The molecule has 0 spiro atoms. The molecular weight excluding hydrogens is 351 g/mol. The fourth-order valence-corrected chi connectivity index (χ4v) is 4.72. The van der Waals surface area contributed by atoms with Gasteiger partial charge >= 0.3 is 7.82 Å². The first-order valence-electron chi connectivity index (χ1n) is 8.61. The van der Waals surface area contributed by atoms with E-state index in [9.17, 15) is 9.36 Å². The molecule has 6 heteroatoms. The zero-order valence-electron chi connectivity index (χ0n) is 14.1. The van der Waals surface area contributed by atoms with Crippen molar-refractivity contribution in [3.8, 4) is 11.5 Å². The summed E-state index contributed by atoms with van der Waals surface area (Å²) in [5, 5.41) is 0. The standard InChI is InChI=1S/C20H19O5P/c21-17-11-15-13-20(14-16(15)12-17)25-26(22,23-18-7-3-1-4-8-18)24-19-9-5-2-6-10-19/h1-10,13,15-16H,11-12,14H2. The Bertz CT molecular complexity index is 817. The van der Waals surface area contributed by atoms with E-state index >= 15 is 0 Å². The molecule has 0 aliphatic heterocycles. The van der Waals surface area contributed by atoms with Crippen LogP contribution in [0.3, 0.4) is 0 Å². The Balaban J connectivity index is 1.55. The van der Waals surface area contributed by atoms with Gasteiger partial charge in [-0.05, 0) is 42.2 Å². The first kappa shape index (κ1) is 16.9. The second-order valence-corrected chi connectivity index (χ2v) is 8.00. The van der Waals surface area contributed by atoms with Crippen molar-refractivity contribution in [1.29, 1.82) is 0 Å². The van der Waals surface area contributed by atoms with Gasteiger partial charge in [0.2, 0.25) is 0 Å². The molecule has 2 aliphatic rings. The van der Waals surface area contributed by atoms with Gasteiger partial charge in [0.25, 0.3) is 0 Å². The summed E-state index contributed by atoms with van der Waals surface area (Å²) >= 11 is 0. The molecule has 2 atom stereocenters. The predicted molar refractivity (Wildman–Crippen MR) is 96.8 cm³/mol. The summed E-state index contributed by atoms with van der Waals surface area (Å²) < 4.78 is 30.3. The Morgan fingerprint density at radius 2 is 1.35 bits per heavy atom. The van der Waals surface area contributed by atoms with Crippen LogP contribution in [0.1, 0.15) is 19.3 Å². The van der Waals surface area contributed by atoms with Gasteiger partial charge in [-0.2, -0.15) is 4.57 Å². The van der Waals surface area contributed by atoms with Gasteiger partial charge in [0.05, 0.1) is 0 Å². The van der Waals surface area contributed by atoms with E-state index in [4.69, 9.17) is 13.6 Å². The van der Waals surface area contributed by atoms with Gasteiger partial charge in [-0.1, -0.05) is 36.4 Å². The smallest absolute Gasteiger partial charge is 0.391 e. The van der Waals surface area contributed by atoms with Crippen LogP contribution in [-0.4, -0.2) is 5.78 Å². The highest BCUT2D eigenvalue weighted by Crippen LogP contribution is 2.54. The minimum atomic E-state index is -3.92. The molecule has 26 heavy (non-hydrogen) atoms. The number of phosphoric acid groups is 1. The van der Waals surface area contributed by atoms with Crippen LogP contribution >= 0.6 is 7.82 Å². The number of phosphoric ester groups is 1. The first-order chi connectivity index (χ1) is 12.6. The van der Waals surface area contributed by atoms with Crippen molar-refractivity contribution in [2.45, 2.75) is 19.3 Å². The van der Waals surface area contributed by atoms with Crippen molar-refractivity contribution in [3.63, 3.8) is 0 Å². The Hall–Kier alpha value is -2.52. The maximum Gasteiger partial charge on any atom is 0.646 e. The normalized spacial score (nSPS) is 21.8. The molecule has 0 bridgehead atoms. The highest BCUT2D eigenvalue weighted by Gasteiger charge is 2.41. The first-order valence-corrected chi connectivity index (χ1v) is 10.1. The molecule has 5 nitrogen and oxygen atoms in total. The second-order valence-electron chi connectivity index (χ2n) is 6.56. The molecule has 0 aromatic heterocycles. The number of Topliss-reactive ketones (excluding diaryl/α,β-unsaturated/α-hetero) is 1. The molecule has 1 fully saturated rings. The van der Waals surface area contributed by atoms with Crippen LogP contribution in [0.5, 0.6) is 11.5 Å². The third kappa shape index (κ3) is 3.83. The fourth-order valence-electron chi connectivity index (χ4n) is 3.43. The highest BCUT2D eigenvalue weighted by atomic mass is 31.2. The molecule has 134 valence electrons. The van der Waals surface area contributed by atoms with Crippen LogP contribution in [0.25, 0.3) is 0 Å². The quantitative estimate of drug-likeness (QED) is 0.658. The number of fused-ring (bicyclic) bond motifs is 1. The molecule has 0 saturated heterocycles. The Morgan fingerprint density at radius 3 is 1.88 bits per heavy atom. The molecule has 2 aromatic rings. The van der Waals surface area contributed by atoms with E-state index in [0.717, 1.165) is 0 Å². The van der Waals surface area contributed by atoms with E-state index in [2.05, 4.69) is 0 Å². The average molecular weight is 370 g/mol. The Kier molecular flexibility index (Phi) is 4.56. The lowest BCUT2D eigenvalue weighted by atomic mass is 10.0. The zero-order chi connectivity index (χ0) is 18.0. The van der Waals surface area contributed by atoms with Gasteiger partial charge in [-0.3, -0.25) is 4.79 Å². The van der Waals surface area contributed by atoms with Crippen LogP contribution in [-0.2, 0) is 13.9 Å². The highest BCUT2D eigenvalue weighted by molar-refractivity contribution is 7.49. The van der Waals surface area contributed by atoms with Gasteiger partial charge in [0.15, 0.2) is 0 Å². The number of para-hydroxylation sites is 2. The van der Waals surface area contributed by atoms with Crippen LogP contribution in [0, 0.1) is 11.8 Å². The van der Waals surface area contributed by atoms with Crippen molar-refractivity contribution in [3.05, 3.63) is 72.5 Å². The average Bonchev–Trinajstić information content (AvgIpc) is 3.12. The molecule has 2 aliphatic carbocycles. The summed E-state index contributed by atoms with van der Waals surface area (Å²) in [7, 11) is -3.92. The number of benzene rings is 2. The topological polar surface area (TPSA) is 61.8 Å². The third-order valence-corrected chi connectivity index (χ3v) is 5.90. The number of ketones is 1. The zero-order valence-corrected chi connectivity index (χ0v) is 15.0. The van der Waals surface area contributed by atoms with E-state index in [1.54, 1.807) is 48.5 Å². The predicted octanol–water partition coefficient (Wildman–Crippen LogP) is 5.15. The summed E-state index contributed by atoms with van der Waals surface area (Å²) in [5.74, 6) is 2.06. The lowest BCUT2D eigenvalue weighted by molar-refractivity contribution is -0.117. The third-order valence-electron chi connectivity index (χ3n) is 4.57.